The van der Waals surface area contributed by atoms with Crippen molar-refractivity contribution in [3.05, 3.63) is 47.0 Å². The lowest BCUT2D eigenvalue weighted by Crippen LogP contribution is -2.27. The van der Waals surface area contributed by atoms with E-state index in [0.29, 0.717) is 12.1 Å². The van der Waals surface area contributed by atoms with Crippen molar-refractivity contribution in [2.75, 3.05) is 0 Å². The second-order valence-electron chi connectivity index (χ2n) is 3.43. The van der Waals surface area contributed by atoms with Crippen LogP contribution in [0.15, 0.2) is 41.4 Å². The van der Waals surface area contributed by atoms with Gasteiger partial charge in [-0.05, 0) is 25.5 Å². The van der Waals surface area contributed by atoms with E-state index in [-0.39, 0.29) is 0 Å². The van der Waals surface area contributed by atoms with Gasteiger partial charge in [0.2, 0.25) is 0 Å². The molecule has 1 aromatic rings. The molecule has 0 aliphatic carbocycles. The molecule has 0 radical (unpaired) electrons. The van der Waals surface area contributed by atoms with Gasteiger partial charge in [-0.2, -0.15) is 0 Å². The first kappa shape index (κ1) is 11.5. The summed E-state index contributed by atoms with van der Waals surface area (Å²) in [5, 5.41) is 3.44. The molecule has 0 fully saturated rings. The molecule has 2 heteroatoms. The highest BCUT2D eigenvalue weighted by Gasteiger charge is 2.09. The molecule has 0 saturated carbocycles. The van der Waals surface area contributed by atoms with Gasteiger partial charge < -0.3 is 5.32 Å². The lowest BCUT2D eigenvalue weighted by atomic mass is 10.1. The second kappa shape index (κ2) is 5.32. The van der Waals surface area contributed by atoms with Gasteiger partial charge in [-0.25, -0.2) is 0 Å². The van der Waals surface area contributed by atoms with Crippen molar-refractivity contribution >= 4 is 15.9 Å². The van der Waals surface area contributed by atoms with Crippen LogP contribution in [0.1, 0.15) is 25.5 Å². The monoisotopic (exact) mass is 253 g/mol. The van der Waals surface area contributed by atoms with Gasteiger partial charge in [-0.15, -0.1) is 6.58 Å². The largest absolute Gasteiger partial charge is 0.304 e. The molecule has 0 amide bonds. The Hall–Kier alpha value is -0.600. The smallest absolute Gasteiger partial charge is 0.0308 e. The van der Waals surface area contributed by atoms with Gasteiger partial charge in [0.1, 0.15) is 0 Å². The fourth-order valence-electron chi connectivity index (χ4n) is 1.38. The first-order chi connectivity index (χ1) is 6.65. The number of halogens is 1. The maximum absolute atomic E-state index is 3.76. The van der Waals surface area contributed by atoms with Crippen molar-refractivity contribution in [3.8, 4) is 0 Å². The maximum Gasteiger partial charge on any atom is 0.0308 e. The molecule has 76 valence electrons. The molecule has 1 nitrogen and oxygen atoms in total. The summed E-state index contributed by atoms with van der Waals surface area (Å²) in [5.41, 5.74) is 1.28. The van der Waals surface area contributed by atoms with Gasteiger partial charge in [-0.1, -0.05) is 40.2 Å². The zero-order valence-electron chi connectivity index (χ0n) is 8.63. The van der Waals surface area contributed by atoms with Crippen LogP contribution in [0, 0.1) is 0 Å². The Morgan fingerprint density at radius 1 is 1.36 bits per heavy atom. The van der Waals surface area contributed by atoms with Crippen LogP contribution in [0.4, 0.5) is 0 Å². The Kier molecular flexibility index (Phi) is 4.36. The minimum Gasteiger partial charge on any atom is -0.304 e. The summed E-state index contributed by atoms with van der Waals surface area (Å²) in [6, 6.07) is 8.92. The third-order valence-electron chi connectivity index (χ3n) is 2.24. The van der Waals surface area contributed by atoms with Gasteiger partial charge in [-0.3, -0.25) is 0 Å². The molecule has 0 spiro atoms. The second-order valence-corrected chi connectivity index (χ2v) is 4.29. The normalized spacial score (nSPS) is 14.8. The van der Waals surface area contributed by atoms with Gasteiger partial charge in [0.05, 0.1) is 0 Å². The highest BCUT2D eigenvalue weighted by molar-refractivity contribution is 9.10. The fraction of sp³-hybridized carbons (Fsp3) is 0.333. The van der Waals surface area contributed by atoms with Crippen molar-refractivity contribution in [1.82, 2.24) is 5.32 Å². The lowest BCUT2D eigenvalue weighted by Gasteiger charge is -2.18. The van der Waals surface area contributed by atoms with Gasteiger partial charge in [0, 0.05) is 16.6 Å². The Morgan fingerprint density at radius 3 is 2.57 bits per heavy atom. The molecule has 1 unspecified atom stereocenters. The van der Waals surface area contributed by atoms with Crippen LogP contribution >= 0.6 is 15.9 Å². The van der Waals surface area contributed by atoms with Gasteiger partial charge >= 0.3 is 0 Å². The zero-order chi connectivity index (χ0) is 10.6. The third-order valence-corrected chi connectivity index (χ3v) is 2.96. The fourth-order valence-corrected chi connectivity index (χ4v) is 2.01. The van der Waals surface area contributed by atoms with Crippen molar-refractivity contribution in [2.24, 2.45) is 0 Å². The van der Waals surface area contributed by atoms with Crippen LogP contribution in [0.3, 0.4) is 0 Å². The summed E-state index contributed by atoms with van der Waals surface area (Å²) in [6.45, 7) is 8.01. The van der Waals surface area contributed by atoms with E-state index in [1.54, 1.807) is 0 Å². The maximum atomic E-state index is 3.76. The quantitative estimate of drug-likeness (QED) is 0.808. The molecule has 0 heterocycles. The molecule has 0 aliphatic heterocycles. The first-order valence-electron chi connectivity index (χ1n) is 4.78. The van der Waals surface area contributed by atoms with Crippen LogP contribution < -0.4 is 5.32 Å². The summed E-state index contributed by atoms with van der Waals surface area (Å²) < 4.78 is 1.15. The van der Waals surface area contributed by atoms with Crippen LogP contribution in [0.25, 0.3) is 0 Å². The number of rotatable bonds is 4. The Morgan fingerprint density at radius 2 is 2.00 bits per heavy atom. The van der Waals surface area contributed by atoms with E-state index < -0.39 is 0 Å². The number of benzene rings is 1. The molecule has 2 atom stereocenters. The number of hydrogen-bond donors (Lipinski definition) is 1. The summed E-state index contributed by atoms with van der Waals surface area (Å²) in [7, 11) is 0. The van der Waals surface area contributed by atoms with Crippen LogP contribution in [0.2, 0.25) is 0 Å². The topological polar surface area (TPSA) is 12.0 Å². The Balaban J connectivity index is 2.74. The molecule has 1 N–H and O–H groups in total. The third kappa shape index (κ3) is 2.96. The van der Waals surface area contributed by atoms with Crippen LogP contribution in [0.5, 0.6) is 0 Å². The minimum absolute atomic E-state index is 0.331. The molecular weight excluding hydrogens is 238 g/mol. The average molecular weight is 254 g/mol. The Labute approximate surface area is 94.3 Å². The van der Waals surface area contributed by atoms with Crippen molar-refractivity contribution < 1.29 is 0 Å². The SMILES string of the molecule is C=CC(C)N[C@@H](C)c1ccccc1Br. The molecule has 1 aromatic carbocycles. The molecule has 0 bridgehead atoms. The van der Waals surface area contributed by atoms with E-state index >= 15 is 0 Å². The summed E-state index contributed by atoms with van der Waals surface area (Å²) in [6.07, 6.45) is 1.91. The summed E-state index contributed by atoms with van der Waals surface area (Å²) in [4.78, 5) is 0. The summed E-state index contributed by atoms with van der Waals surface area (Å²) in [5.74, 6) is 0. The number of nitrogens with one attached hydrogen (secondary N) is 1. The minimum atomic E-state index is 0.331. The van der Waals surface area contributed by atoms with E-state index in [0.717, 1.165) is 4.47 Å². The molecule has 0 aromatic heterocycles. The lowest BCUT2D eigenvalue weighted by molar-refractivity contribution is 0.535. The zero-order valence-corrected chi connectivity index (χ0v) is 10.2. The predicted octanol–water partition coefficient (Wildman–Crippen LogP) is 3.67. The van der Waals surface area contributed by atoms with Gasteiger partial charge in [0.15, 0.2) is 0 Å². The Bertz CT molecular complexity index is 309. The van der Waals surface area contributed by atoms with E-state index in [9.17, 15) is 0 Å². The van der Waals surface area contributed by atoms with E-state index in [4.69, 9.17) is 0 Å². The number of hydrogen-bond acceptors (Lipinski definition) is 1. The molecular formula is C12H16BrN. The molecule has 0 saturated heterocycles. The van der Waals surface area contributed by atoms with Crippen molar-refractivity contribution in [3.63, 3.8) is 0 Å². The van der Waals surface area contributed by atoms with Crippen LogP contribution in [-0.2, 0) is 0 Å². The highest BCUT2D eigenvalue weighted by Crippen LogP contribution is 2.22. The van der Waals surface area contributed by atoms with E-state index in [2.05, 4.69) is 59.9 Å². The van der Waals surface area contributed by atoms with Gasteiger partial charge in [0.25, 0.3) is 0 Å². The van der Waals surface area contributed by atoms with Crippen molar-refractivity contribution in [1.29, 1.82) is 0 Å². The first-order valence-corrected chi connectivity index (χ1v) is 5.57. The molecule has 0 aliphatic rings. The molecule has 1 rings (SSSR count). The van der Waals surface area contributed by atoms with E-state index in [1.807, 2.05) is 12.1 Å². The highest BCUT2D eigenvalue weighted by atomic mass is 79.9. The van der Waals surface area contributed by atoms with Crippen molar-refractivity contribution in [2.45, 2.75) is 25.9 Å². The van der Waals surface area contributed by atoms with Crippen LogP contribution in [-0.4, -0.2) is 6.04 Å². The molecule has 14 heavy (non-hydrogen) atoms. The average Bonchev–Trinajstić information content (AvgIpc) is 2.18. The summed E-state index contributed by atoms with van der Waals surface area (Å²) >= 11 is 3.54. The standard InChI is InChI=1S/C12H16BrN/c1-4-9(2)14-10(3)11-7-5-6-8-12(11)13/h4-10,14H,1H2,2-3H3/t9?,10-/m0/s1. The predicted molar refractivity (Wildman–Crippen MR) is 65.4 cm³/mol. The van der Waals surface area contributed by atoms with E-state index in [1.165, 1.54) is 5.56 Å².